The van der Waals surface area contributed by atoms with Crippen molar-refractivity contribution in [1.82, 2.24) is 24.4 Å². The summed E-state index contributed by atoms with van der Waals surface area (Å²) < 4.78 is 31.2. The Bertz CT molecular complexity index is 1700. The number of imidazole rings is 1. The quantitative estimate of drug-likeness (QED) is 0.270. The highest BCUT2D eigenvalue weighted by Gasteiger charge is 2.50. The summed E-state index contributed by atoms with van der Waals surface area (Å²) in [6, 6.07) is 8.68. The summed E-state index contributed by atoms with van der Waals surface area (Å²) in [4.78, 5) is 31.5. The molecule has 3 aromatic heterocycles. The summed E-state index contributed by atoms with van der Waals surface area (Å²) in [6.45, 7) is 10.3. The second-order valence-electron chi connectivity index (χ2n) is 13.0. The van der Waals surface area contributed by atoms with Crippen LogP contribution in [0.3, 0.4) is 0 Å². The molecule has 3 aliphatic rings. The van der Waals surface area contributed by atoms with Gasteiger partial charge in [-0.25, -0.2) is 18.7 Å². The Morgan fingerprint density at radius 1 is 1.00 bits per heavy atom. The normalized spacial score (nSPS) is 21.8. The van der Waals surface area contributed by atoms with Crippen LogP contribution in [0.5, 0.6) is 0 Å². The van der Waals surface area contributed by atoms with Gasteiger partial charge in [-0.05, 0) is 84.2 Å². The number of rotatable bonds is 6. The van der Waals surface area contributed by atoms with E-state index in [0.29, 0.717) is 28.6 Å². The summed E-state index contributed by atoms with van der Waals surface area (Å²) in [6.07, 6.45) is 9.45. The zero-order valence-electron chi connectivity index (χ0n) is 25.1. The van der Waals surface area contributed by atoms with Crippen LogP contribution in [0.4, 0.5) is 26.0 Å². The number of carbonyl (C=O) groups excluding carboxylic acids is 1. The maximum atomic E-state index is 14.7. The third-order valence-electron chi connectivity index (χ3n) is 9.55. The average Bonchev–Trinajstić information content (AvgIpc) is 3.48. The standard InChI is InChI=1S/C33H37F2N7O/c1-19(2)41-18-37-27-15-26(38-31(30(27)41)39-29-24(34)16-36-17-25(29)35)20-8-9-23-28(12-20)42(32(43)33(23,3)4)22-13-21(14-22)40-10-6-5-7-11-40/h8-9,12,15-19,21-22H,5-7,10-11,13-14H2,1-4H3,(H,36,38,39)/t21-,22+. The van der Waals surface area contributed by atoms with Crippen molar-refractivity contribution in [3.05, 3.63) is 60.2 Å². The Labute approximate surface area is 250 Å². The van der Waals surface area contributed by atoms with Gasteiger partial charge < -0.3 is 19.7 Å². The number of halogens is 2. The minimum atomic E-state index is -0.812. The number of piperidine rings is 1. The highest BCUT2D eigenvalue weighted by Crippen LogP contribution is 2.48. The Hall–Kier alpha value is -3.92. The molecule has 10 heteroatoms. The highest BCUT2D eigenvalue weighted by atomic mass is 19.1. The molecule has 4 aromatic rings. The first kappa shape index (κ1) is 27.9. The molecule has 2 aliphatic heterocycles. The predicted octanol–water partition coefficient (Wildman–Crippen LogP) is 6.74. The van der Waals surface area contributed by atoms with Crippen LogP contribution in [0.15, 0.2) is 43.0 Å². The van der Waals surface area contributed by atoms with Crippen molar-refractivity contribution in [2.24, 2.45) is 0 Å². The average molecular weight is 586 g/mol. The largest absolute Gasteiger partial charge is 0.334 e. The summed E-state index contributed by atoms with van der Waals surface area (Å²) in [5, 5.41) is 2.90. The van der Waals surface area contributed by atoms with Gasteiger partial charge in [-0.3, -0.25) is 9.78 Å². The maximum Gasteiger partial charge on any atom is 0.237 e. The minimum absolute atomic E-state index is 0.0448. The smallest absolute Gasteiger partial charge is 0.237 e. The number of fused-ring (bicyclic) bond motifs is 2. The van der Waals surface area contributed by atoms with Gasteiger partial charge in [0.25, 0.3) is 0 Å². The number of hydrogen-bond acceptors (Lipinski definition) is 6. The van der Waals surface area contributed by atoms with Crippen molar-refractivity contribution >= 4 is 34.1 Å². The number of aromatic nitrogens is 4. The van der Waals surface area contributed by atoms with Crippen molar-refractivity contribution in [2.45, 2.75) is 83.3 Å². The van der Waals surface area contributed by atoms with Crippen molar-refractivity contribution < 1.29 is 13.6 Å². The topological polar surface area (TPSA) is 79.2 Å². The number of carbonyl (C=O) groups is 1. The van der Waals surface area contributed by atoms with Gasteiger partial charge in [0.1, 0.15) is 11.2 Å². The Morgan fingerprint density at radius 3 is 2.42 bits per heavy atom. The van der Waals surface area contributed by atoms with Gasteiger partial charge in [0.15, 0.2) is 17.5 Å². The number of benzene rings is 1. The zero-order valence-corrected chi connectivity index (χ0v) is 25.1. The molecule has 0 atom stereocenters. The number of hydrogen-bond donors (Lipinski definition) is 1. The predicted molar refractivity (Wildman–Crippen MR) is 164 cm³/mol. The van der Waals surface area contributed by atoms with E-state index >= 15 is 0 Å². The van der Waals surface area contributed by atoms with E-state index in [9.17, 15) is 13.6 Å². The molecule has 7 rings (SSSR count). The third-order valence-corrected chi connectivity index (χ3v) is 9.55. The Balaban J connectivity index is 1.28. The summed E-state index contributed by atoms with van der Waals surface area (Å²) in [5.74, 6) is -1.20. The van der Waals surface area contributed by atoms with Gasteiger partial charge in [-0.1, -0.05) is 18.6 Å². The van der Waals surface area contributed by atoms with E-state index in [1.165, 1.54) is 19.3 Å². The van der Waals surface area contributed by atoms with Crippen LogP contribution >= 0.6 is 0 Å². The number of nitrogens with one attached hydrogen (secondary N) is 1. The molecule has 1 aromatic carbocycles. The molecular formula is C33H37F2N7O. The zero-order chi connectivity index (χ0) is 30.0. The van der Waals surface area contributed by atoms with Crippen LogP contribution in [-0.4, -0.2) is 55.5 Å². The fourth-order valence-electron chi connectivity index (χ4n) is 6.99. The Morgan fingerprint density at radius 2 is 1.72 bits per heavy atom. The van der Waals surface area contributed by atoms with Gasteiger partial charge in [0.2, 0.25) is 5.91 Å². The molecular weight excluding hydrogens is 548 g/mol. The first-order valence-electron chi connectivity index (χ1n) is 15.3. The SMILES string of the molecule is CC(C)n1cnc2cc(-c3ccc4c(c3)N([C@H]3C[C@@H](N5CCCCC5)C3)C(=O)C4(C)C)nc(Nc3c(F)cncc3F)c21. The van der Waals surface area contributed by atoms with Gasteiger partial charge >= 0.3 is 0 Å². The molecule has 1 saturated carbocycles. The molecule has 1 amide bonds. The van der Waals surface area contributed by atoms with Gasteiger partial charge in [0.05, 0.1) is 35.3 Å². The molecule has 5 heterocycles. The molecule has 0 unspecified atom stereocenters. The number of anilines is 3. The number of pyridine rings is 2. The van der Waals surface area contributed by atoms with E-state index in [-0.39, 0.29) is 23.7 Å². The molecule has 224 valence electrons. The summed E-state index contributed by atoms with van der Waals surface area (Å²) in [5.41, 5.74) is 3.68. The fraction of sp³-hybridized carbons (Fsp3) is 0.455. The van der Waals surface area contributed by atoms with E-state index in [1.807, 2.05) is 61.4 Å². The van der Waals surface area contributed by atoms with Crippen LogP contribution in [0.2, 0.25) is 0 Å². The maximum absolute atomic E-state index is 14.7. The van der Waals surface area contributed by atoms with Gasteiger partial charge in [-0.2, -0.15) is 0 Å². The number of nitrogens with zero attached hydrogens (tertiary/aromatic N) is 6. The summed E-state index contributed by atoms with van der Waals surface area (Å²) in [7, 11) is 0. The van der Waals surface area contributed by atoms with E-state index in [1.54, 1.807) is 6.33 Å². The van der Waals surface area contributed by atoms with Crippen LogP contribution in [-0.2, 0) is 10.2 Å². The first-order valence-corrected chi connectivity index (χ1v) is 15.3. The van der Waals surface area contributed by atoms with E-state index < -0.39 is 17.0 Å². The molecule has 1 aliphatic carbocycles. The van der Waals surface area contributed by atoms with Crippen LogP contribution in [0.25, 0.3) is 22.3 Å². The number of amides is 1. The minimum Gasteiger partial charge on any atom is -0.334 e. The molecule has 1 N–H and O–H groups in total. The number of likely N-dealkylation sites (tertiary alicyclic amines) is 1. The molecule has 43 heavy (non-hydrogen) atoms. The second-order valence-corrected chi connectivity index (χ2v) is 13.0. The van der Waals surface area contributed by atoms with Crippen molar-refractivity contribution in [1.29, 1.82) is 0 Å². The van der Waals surface area contributed by atoms with E-state index in [2.05, 4.69) is 20.2 Å². The van der Waals surface area contributed by atoms with Gasteiger partial charge in [-0.15, -0.1) is 0 Å². The summed E-state index contributed by atoms with van der Waals surface area (Å²) >= 11 is 0. The van der Waals surface area contributed by atoms with Crippen LogP contribution in [0, 0.1) is 11.6 Å². The lowest BCUT2D eigenvalue weighted by atomic mass is 9.82. The molecule has 8 nitrogen and oxygen atoms in total. The molecule has 0 bridgehead atoms. The molecule has 2 fully saturated rings. The van der Waals surface area contributed by atoms with Crippen molar-refractivity contribution in [3.63, 3.8) is 0 Å². The van der Waals surface area contributed by atoms with Crippen LogP contribution in [0.1, 0.15) is 71.4 Å². The van der Waals surface area contributed by atoms with Gasteiger partial charge in [0, 0.05) is 29.4 Å². The Kier molecular flexibility index (Phi) is 6.72. The monoisotopic (exact) mass is 585 g/mol. The van der Waals surface area contributed by atoms with E-state index in [0.717, 1.165) is 55.1 Å². The fourth-order valence-corrected chi connectivity index (χ4v) is 6.99. The van der Waals surface area contributed by atoms with Crippen LogP contribution < -0.4 is 10.2 Å². The molecule has 0 spiro atoms. The lowest BCUT2D eigenvalue weighted by Gasteiger charge is -2.48. The van der Waals surface area contributed by atoms with Crippen molar-refractivity contribution in [3.8, 4) is 11.3 Å². The highest BCUT2D eigenvalue weighted by molar-refractivity contribution is 6.08. The lowest BCUT2D eigenvalue weighted by Crippen LogP contribution is -2.57. The second kappa shape index (κ2) is 10.4. The third kappa shape index (κ3) is 4.58. The lowest BCUT2D eigenvalue weighted by molar-refractivity contribution is -0.123. The molecule has 1 saturated heterocycles. The van der Waals surface area contributed by atoms with E-state index in [4.69, 9.17) is 4.98 Å². The molecule has 0 radical (unpaired) electrons. The van der Waals surface area contributed by atoms with Crippen molar-refractivity contribution in [2.75, 3.05) is 23.3 Å². The first-order chi connectivity index (χ1) is 20.6.